The van der Waals surface area contributed by atoms with Crippen molar-refractivity contribution in [3.63, 3.8) is 0 Å². The van der Waals surface area contributed by atoms with Crippen LogP contribution in [0.5, 0.6) is 0 Å². The quantitative estimate of drug-likeness (QED) is 0.583. The van der Waals surface area contributed by atoms with Crippen LogP contribution in [-0.4, -0.2) is 53.6 Å². The van der Waals surface area contributed by atoms with E-state index in [4.69, 9.17) is 11.6 Å². The lowest BCUT2D eigenvalue weighted by Crippen LogP contribution is -2.35. The van der Waals surface area contributed by atoms with Crippen LogP contribution in [0.15, 0.2) is 30.7 Å². The van der Waals surface area contributed by atoms with Crippen molar-refractivity contribution < 1.29 is 14.4 Å². The number of carboxylic acid groups (broad SMARTS) is 1. The number of nitrogens with zero attached hydrogens (tertiary/aromatic N) is 3. The maximum absolute atomic E-state index is 11.1. The molecule has 0 spiro atoms. The third kappa shape index (κ3) is 6.18. The van der Waals surface area contributed by atoms with Crippen molar-refractivity contribution in [1.82, 2.24) is 9.55 Å². The smallest absolute Gasteiger partial charge is 0.0997 e. The normalized spacial score (nSPS) is 11.0. The van der Waals surface area contributed by atoms with Gasteiger partial charge in [-0.2, -0.15) is 0 Å². The van der Waals surface area contributed by atoms with Gasteiger partial charge in [-0.15, -0.1) is 11.6 Å². The second-order valence-corrected chi connectivity index (χ2v) is 7.15. The summed E-state index contributed by atoms with van der Waals surface area (Å²) in [5, 5.41) is 11.1. The van der Waals surface area contributed by atoms with Gasteiger partial charge < -0.3 is 14.4 Å². The predicted octanol–water partition coefficient (Wildman–Crippen LogP) is 2.29. The summed E-state index contributed by atoms with van der Waals surface area (Å²) < 4.78 is 2.57. The molecule has 0 saturated carbocycles. The van der Waals surface area contributed by atoms with Crippen molar-refractivity contribution in [2.75, 3.05) is 33.6 Å². The Morgan fingerprint density at radius 2 is 1.76 bits per heavy atom. The number of carbonyl (C=O) groups is 1. The first kappa shape index (κ1) is 21.2. The lowest BCUT2D eigenvalue weighted by Gasteiger charge is -2.21. The fourth-order valence-corrected chi connectivity index (χ4v) is 2.91. The van der Waals surface area contributed by atoms with Crippen molar-refractivity contribution in [1.29, 1.82) is 0 Å². The number of alkyl halides is 1. The molecule has 0 radical (unpaired) electrons. The van der Waals surface area contributed by atoms with Gasteiger partial charge in [0.2, 0.25) is 0 Å². The number of rotatable bonds is 6. The molecule has 138 valence electrons. The fraction of sp³-hybridized carbons (Fsp3) is 0.474. The zero-order chi connectivity index (χ0) is 19.0. The molecule has 2 rings (SSSR count). The molecule has 0 atom stereocenters. The minimum Gasteiger partial charge on any atom is -0.543 e. The summed E-state index contributed by atoms with van der Waals surface area (Å²) in [5.41, 5.74) is 3.22. The van der Waals surface area contributed by atoms with E-state index < -0.39 is 5.97 Å². The first-order valence-electron chi connectivity index (χ1n) is 8.46. The van der Waals surface area contributed by atoms with E-state index in [1.165, 1.54) is 12.5 Å². The van der Waals surface area contributed by atoms with Crippen LogP contribution in [0.3, 0.4) is 0 Å². The molecule has 1 aromatic carbocycles. The molecule has 0 aliphatic rings. The van der Waals surface area contributed by atoms with Gasteiger partial charge in [-0.05, 0) is 24.0 Å². The van der Waals surface area contributed by atoms with Gasteiger partial charge in [-0.1, -0.05) is 32.0 Å². The number of imidazole rings is 1. The lowest BCUT2D eigenvalue weighted by atomic mass is 10.0. The summed E-state index contributed by atoms with van der Waals surface area (Å²) in [6.07, 6.45) is 4.53. The van der Waals surface area contributed by atoms with Gasteiger partial charge in [0.05, 0.1) is 63.4 Å². The van der Waals surface area contributed by atoms with Crippen molar-refractivity contribution in [2.45, 2.75) is 26.7 Å². The van der Waals surface area contributed by atoms with E-state index in [9.17, 15) is 9.90 Å². The van der Waals surface area contributed by atoms with Crippen LogP contribution in [0.25, 0.3) is 5.69 Å². The number of aromatic nitrogens is 2. The minimum atomic E-state index is -1.21. The Labute approximate surface area is 155 Å². The topological polar surface area (TPSA) is 58.0 Å². The van der Waals surface area contributed by atoms with E-state index in [1.54, 1.807) is 4.57 Å². The molecule has 2 aromatic rings. The Balaban J connectivity index is 0.000000381. The van der Waals surface area contributed by atoms with E-state index in [0.717, 1.165) is 46.6 Å². The highest BCUT2D eigenvalue weighted by Crippen LogP contribution is 2.22. The first-order valence-corrected chi connectivity index (χ1v) is 8.99. The molecule has 25 heavy (non-hydrogen) atoms. The predicted molar refractivity (Wildman–Crippen MR) is 100 cm³/mol. The Morgan fingerprint density at radius 1 is 1.20 bits per heavy atom. The first-order chi connectivity index (χ1) is 11.7. The molecule has 0 aliphatic heterocycles. The van der Waals surface area contributed by atoms with Crippen LogP contribution in [0.1, 0.15) is 35.5 Å². The van der Waals surface area contributed by atoms with E-state index in [0.29, 0.717) is 0 Å². The number of aryl methyl sites for hydroxylation is 2. The van der Waals surface area contributed by atoms with E-state index in [1.807, 2.05) is 32.0 Å². The zero-order valence-electron chi connectivity index (χ0n) is 15.8. The second-order valence-electron chi connectivity index (χ2n) is 6.77. The Kier molecular flexibility index (Phi) is 8.13. The highest BCUT2D eigenvalue weighted by atomic mass is 35.5. The average Bonchev–Trinajstić information content (AvgIpc) is 3.02. The molecular weight excluding hydrogens is 338 g/mol. The molecule has 1 aromatic heterocycles. The summed E-state index contributed by atoms with van der Waals surface area (Å²) in [4.78, 5) is 15.0. The molecule has 0 bridgehead atoms. The molecule has 0 unspecified atom stereocenters. The van der Waals surface area contributed by atoms with Crippen LogP contribution in [-0.2, 0) is 12.8 Å². The van der Waals surface area contributed by atoms with Gasteiger partial charge in [0.25, 0.3) is 0 Å². The number of carbonyl (C=O) groups excluding carboxylic acids is 1. The number of hydrogen-bond donors (Lipinski definition) is 0. The van der Waals surface area contributed by atoms with Crippen molar-refractivity contribution >= 4 is 17.6 Å². The zero-order valence-corrected chi connectivity index (χ0v) is 16.5. The van der Waals surface area contributed by atoms with Gasteiger partial charge in [0, 0.05) is 0 Å². The van der Waals surface area contributed by atoms with E-state index in [-0.39, 0.29) is 5.69 Å². The van der Waals surface area contributed by atoms with Crippen LogP contribution in [0.2, 0.25) is 0 Å². The highest BCUT2D eigenvalue weighted by molar-refractivity contribution is 6.17. The van der Waals surface area contributed by atoms with Gasteiger partial charge in [0.1, 0.15) is 0 Å². The third-order valence-electron chi connectivity index (χ3n) is 3.81. The molecule has 0 fully saturated rings. The molecule has 6 heteroatoms. The van der Waals surface area contributed by atoms with Gasteiger partial charge in [-0.25, -0.2) is 4.98 Å². The molecular formula is C19H28ClN3O2. The molecule has 5 nitrogen and oxygen atoms in total. The van der Waals surface area contributed by atoms with Gasteiger partial charge >= 0.3 is 0 Å². The van der Waals surface area contributed by atoms with Gasteiger partial charge in [0.15, 0.2) is 0 Å². The van der Waals surface area contributed by atoms with Crippen LogP contribution >= 0.6 is 11.6 Å². The largest absolute Gasteiger partial charge is 0.543 e. The number of halogens is 1. The minimum absolute atomic E-state index is 0.0885. The van der Waals surface area contributed by atoms with Crippen molar-refractivity contribution in [3.05, 3.63) is 47.5 Å². The number of quaternary nitrogens is 1. The summed E-state index contributed by atoms with van der Waals surface area (Å²) in [6, 6.07) is 6.01. The van der Waals surface area contributed by atoms with Gasteiger partial charge in [-0.3, -0.25) is 4.57 Å². The molecule has 0 aliphatic carbocycles. The standard InChI is InChI=1S/C14H16N2O2.C5H13ClN/c1-3-10-6-5-7-11(4-2)13(10)16-9-15-8-12(16)14(17)18;1-7(2,3)5-4-6/h5-9H,3-4H2,1-2H3,(H,17,18);4-5H2,1-3H3/q;+1/p-1. The summed E-state index contributed by atoms with van der Waals surface area (Å²) in [7, 11) is 6.38. The number of aromatic carboxylic acids is 1. The number of para-hydroxylation sites is 1. The van der Waals surface area contributed by atoms with Crippen LogP contribution in [0, 0.1) is 0 Å². The third-order valence-corrected chi connectivity index (χ3v) is 3.98. The summed E-state index contributed by atoms with van der Waals surface area (Å²) >= 11 is 5.47. The van der Waals surface area contributed by atoms with Crippen LogP contribution in [0.4, 0.5) is 0 Å². The summed E-state index contributed by atoms with van der Waals surface area (Å²) in [6.45, 7) is 5.14. The maximum atomic E-state index is 11.1. The number of benzene rings is 1. The SMILES string of the molecule is CCc1cccc(CC)c1-n1cncc1C(=O)[O-].C[N+](C)(C)CCCl. The Hall–Kier alpha value is -1.85. The Morgan fingerprint density at radius 3 is 2.12 bits per heavy atom. The second kappa shape index (κ2) is 9.59. The van der Waals surface area contributed by atoms with E-state index in [2.05, 4.69) is 26.1 Å². The van der Waals surface area contributed by atoms with Crippen molar-refractivity contribution in [3.8, 4) is 5.69 Å². The molecule has 0 saturated heterocycles. The lowest BCUT2D eigenvalue weighted by molar-refractivity contribution is -0.867. The van der Waals surface area contributed by atoms with E-state index >= 15 is 0 Å². The fourth-order valence-electron chi connectivity index (χ4n) is 2.40. The average molecular weight is 366 g/mol. The number of carboxylic acids is 1. The maximum Gasteiger partial charge on any atom is 0.0997 e. The highest BCUT2D eigenvalue weighted by Gasteiger charge is 2.12. The molecule has 0 N–H and O–H groups in total. The van der Waals surface area contributed by atoms with Crippen molar-refractivity contribution in [2.24, 2.45) is 0 Å². The monoisotopic (exact) mass is 365 g/mol. The Bertz CT molecular complexity index is 668. The molecule has 0 amide bonds. The molecule has 1 heterocycles. The summed E-state index contributed by atoms with van der Waals surface area (Å²) in [5.74, 6) is -0.454. The van der Waals surface area contributed by atoms with Crippen LogP contribution < -0.4 is 5.11 Å². The number of hydrogen-bond acceptors (Lipinski definition) is 3.